The number of aromatic nitrogens is 1. The normalized spacial score (nSPS) is 12.5. The summed E-state index contributed by atoms with van der Waals surface area (Å²) >= 11 is 0. The molecule has 0 radical (unpaired) electrons. The van der Waals surface area contributed by atoms with E-state index >= 15 is 0 Å². The van der Waals surface area contributed by atoms with Crippen LogP contribution in [0.25, 0.3) is 28.1 Å². The number of hydrogen-bond acceptors (Lipinski definition) is 6. The van der Waals surface area contributed by atoms with Gasteiger partial charge in [-0.3, -0.25) is 14.9 Å². The number of pyridine rings is 1. The summed E-state index contributed by atoms with van der Waals surface area (Å²) in [6.07, 6.45) is 3.12. The Hall–Kier alpha value is -5.49. The Morgan fingerprint density at radius 1 is 0.925 bits per heavy atom. The summed E-state index contributed by atoms with van der Waals surface area (Å²) in [6.45, 7) is 12.1. The van der Waals surface area contributed by atoms with Gasteiger partial charge < -0.3 is 30.3 Å². The van der Waals surface area contributed by atoms with E-state index in [1.807, 2.05) is 84.9 Å². The molecule has 53 heavy (non-hydrogen) atoms. The maximum Gasteiger partial charge on any atom is 0.409 e. The molecular formula is C42H48N4O6Si. The molecule has 6 N–H and O–H groups in total. The molecule has 0 unspecified atom stereocenters. The first-order valence-electron chi connectivity index (χ1n) is 17.7. The lowest BCUT2D eigenvalue weighted by molar-refractivity contribution is -0.116. The first-order chi connectivity index (χ1) is 25.2. The van der Waals surface area contributed by atoms with Crippen molar-refractivity contribution in [2.75, 3.05) is 17.2 Å². The number of phenolic OH excluding ortho intramolecular Hbond substituents is 1. The van der Waals surface area contributed by atoms with Crippen LogP contribution in [0.1, 0.15) is 56.4 Å². The number of nitrogens with one attached hydrogen (secondary N) is 4. The van der Waals surface area contributed by atoms with E-state index in [9.17, 15) is 24.6 Å². The molecule has 0 saturated carbocycles. The molecule has 1 aromatic heterocycles. The van der Waals surface area contributed by atoms with Gasteiger partial charge in [-0.15, -0.1) is 0 Å². The molecule has 0 saturated heterocycles. The Balaban J connectivity index is 1.16. The van der Waals surface area contributed by atoms with Crippen LogP contribution in [0.4, 0.5) is 16.2 Å². The number of aromatic amines is 1. The van der Waals surface area contributed by atoms with Gasteiger partial charge in [0.2, 0.25) is 11.5 Å². The van der Waals surface area contributed by atoms with Crippen LogP contribution in [0.2, 0.25) is 18.1 Å². The minimum Gasteiger partial charge on any atom is -0.506 e. The first kappa shape index (κ1) is 38.7. The lowest BCUT2D eigenvalue weighted by Gasteiger charge is -2.39. The number of hydrogen-bond donors (Lipinski definition) is 6. The number of carboxylic acid groups (broad SMARTS) is 1. The summed E-state index contributed by atoms with van der Waals surface area (Å²) < 4.78 is 6.90. The minimum absolute atomic E-state index is 0.0138. The Kier molecular flexibility index (Phi) is 12.3. The van der Waals surface area contributed by atoms with E-state index in [0.29, 0.717) is 36.4 Å². The topological polar surface area (TPSA) is 153 Å². The third-order valence-electron chi connectivity index (χ3n) is 9.61. The first-order valence-corrected chi connectivity index (χ1v) is 20.6. The van der Waals surface area contributed by atoms with Crippen LogP contribution in [-0.2, 0) is 15.8 Å². The number of rotatable bonds is 14. The Bertz CT molecular complexity index is 2140. The average Bonchev–Trinajstić information content (AvgIpc) is 3.10. The van der Waals surface area contributed by atoms with E-state index in [1.165, 1.54) is 6.07 Å². The van der Waals surface area contributed by atoms with Crippen molar-refractivity contribution in [1.82, 2.24) is 10.3 Å². The van der Waals surface area contributed by atoms with E-state index in [4.69, 9.17) is 4.43 Å². The van der Waals surface area contributed by atoms with E-state index in [2.05, 4.69) is 54.8 Å². The van der Waals surface area contributed by atoms with Gasteiger partial charge in [-0.1, -0.05) is 93.6 Å². The lowest BCUT2D eigenvalue weighted by Crippen LogP contribution is -2.43. The molecule has 5 aromatic rings. The number of amides is 2. The lowest BCUT2D eigenvalue weighted by atomic mass is 10.0. The summed E-state index contributed by atoms with van der Waals surface area (Å²) in [7, 11) is -2.21. The Labute approximate surface area is 311 Å². The number of benzene rings is 4. The number of fused-ring (bicyclic) bond motifs is 1. The van der Waals surface area contributed by atoms with Crippen LogP contribution in [0.5, 0.6) is 5.75 Å². The zero-order valence-corrected chi connectivity index (χ0v) is 31.8. The van der Waals surface area contributed by atoms with Crippen LogP contribution >= 0.6 is 0 Å². The molecule has 10 nitrogen and oxygen atoms in total. The van der Waals surface area contributed by atoms with Crippen molar-refractivity contribution in [3.63, 3.8) is 0 Å². The summed E-state index contributed by atoms with van der Waals surface area (Å²) in [5.41, 5.74) is 5.75. The van der Waals surface area contributed by atoms with Crippen LogP contribution in [0, 0.1) is 0 Å². The van der Waals surface area contributed by atoms with Crippen molar-refractivity contribution < 1.29 is 24.2 Å². The maximum atomic E-state index is 12.7. The summed E-state index contributed by atoms with van der Waals surface area (Å²) in [4.78, 5) is 38.9. The predicted molar refractivity (Wildman–Crippen MR) is 216 cm³/mol. The van der Waals surface area contributed by atoms with Crippen LogP contribution in [-0.4, -0.2) is 42.1 Å². The zero-order valence-electron chi connectivity index (χ0n) is 30.8. The van der Waals surface area contributed by atoms with Crippen molar-refractivity contribution in [1.29, 1.82) is 0 Å². The van der Waals surface area contributed by atoms with Crippen molar-refractivity contribution in [2.45, 2.75) is 64.4 Å². The molecule has 0 aliphatic rings. The number of anilines is 2. The van der Waals surface area contributed by atoms with Crippen LogP contribution in [0.3, 0.4) is 0 Å². The highest BCUT2D eigenvalue weighted by molar-refractivity contribution is 6.74. The van der Waals surface area contributed by atoms with Gasteiger partial charge >= 0.3 is 6.09 Å². The van der Waals surface area contributed by atoms with Gasteiger partial charge in [0.1, 0.15) is 5.75 Å². The molecule has 0 fully saturated rings. The molecule has 0 bridgehead atoms. The molecule has 1 atom stereocenters. The number of carbonyl (C=O) groups excluding carboxylic acids is 1. The highest BCUT2D eigenvalue weighted by Crippen LogP contribution is 2.41. The van der Waals surface area contributed by atoms with Gasteiger partial charge in [-0.2, -0.15) is 0 Å². The Morgan fingerprint density at radius 3 is 2.36 bits per heavy atom. The predicted octanol–water partition coefficient (Wildman–Crippen LogP) is 9.28. The van der Waals surface area contributed by atoms with Gasteiger partial charge in [-0.25, -0.2) is 4.79 Å². The third-order valence-corrected chi connectivity index (χ3v) is 14.1. The van der Waals surface area contributed by atoms with Gasteiger partial charge in [0.25, 0.3) is 0 Å². The van der Waals surface area contributed by atoms with Gasteiger partial charge in [0, 0.05) is 42.2 Å². The van der Waals surface area contributed by atoms with Gasteiger partial charge in [0.05, 0.1) is 17.3 Å². The monoisotopic (exact) mass is 732 g/mol. The largest absolute Gasteiger partial charge is 0.506 e. The fourth-order valence-corrected chi connectivity index (χ4v) is 7.03. The SMILES string of the molecule is CC(C)(C)[Si](C)(C)O[C@@H](CNCc1ccc(NC(=O)CC/C=C/c2ccc(-c3ccccc3)c(NC(=O)O)c2)cc1)c1ccc(O)c2[nH]c(=O)ccc12. The van der Waals surface area contributed by atoms with Crippen LogP contribution in [0.15, 0.2) is 108 Å². The second kappa shape index (κ2) is 16.9. The van der Waals surface area contributed by atoms with Crippen LogP contribution < -0.4 is 21.5 Å². The molecule has 11 heteroatoms. The standard InChI is InChI=1S/C42H48N4O6Si/c1-42(2,3)53(4,5)52-37(33-21-23-36(47)40-34(33)22-24-39(49)46-40)27-43-26-29-15-18-31(19-16-29)44-38(48)14-10-9-11-28-17-20-32(30-12-7-6-8-13-30)35(25-28)45-41(50)51/h6-9,11-13,15-25,37,43,45,47H,10,14,26-27H2,1-5H3,(H,44,48)(H,46,49)(H,50,51)/b11-9+/t37-/m0/s1. The van der Waals surface area contributed by atoms with Crippen molar-refractivity contribution in [3.05, 3.63) is 130 Å². The minimum atomic E-state index is -2.21. The highest BCUT2D eigenvalue weighted by Gasteiger charge is 2.39. The fourth-order valence-electron chi connectivity index (χ4n) is 5.75. The zero-order chi connectivity index (χ0) is 38.2. The molecule has 276 valence electrons. The average molecular weight is 733 g/mol. The Morgan fingerprint density at radius 2 is 1.66 bits per heavy atom. The highest BCUT2D eigenvalue weighted by atomic mass is 28.4. The number of allylic oxidation sites excluding steroid dienone is 1. The molecule has 0 aliphatic heterocycles. The maximum absolute atomic E-state index is 12.7. The van der Waals surface area contributed by atoms with Crippen molar-refractivity contribution in [2.24, 2.45) is 0 Å². The van der Waals surface area contributed by atoms with Gasteiger partial charge in [0.15, 0.2) is 8.32 Å². The molecule has 0 spiro atoms. The smallest absolute Gasteiger partial charge is 0.409 e. The summed E-state index contributed by atoms with van der Waals surface area (Å²) in [5.74, 6) is -0.0961. The summed E-state index contributed by atoms with van der Waals surface area (Å²) in [5, 5.41) is 29.5. The molecule has 0 aliphatic carbocycles. The number of H-pyrrole nitrogens is 1. The number of phenols is 1. The fraction of sp³-hybridized carbons (Fsp3) is 0.262. The quantitative estimate of drug-likeness (QED) is 0.0623. The number of carbonyl (C=O) groups is 2. The second-order valence-corrected chi connectivity index (χ2v) is 19.3. The van der Waals surface area contributed by atoms with Crippen molar-refractivity contribution >= 4 is 48.7 Å². The van der Waals surface area contributed by atoms with E-state index in [1.54, 1.807) is 18.2 Å². The molecule has 4 aromatic carbocycles. The summed E-state index contributed by atoms with van der Waals surface area (Å²) in [6, 6.07) is 29.5. The van der Waals surface area contributed by atoms with Crippen molar-refractivity contribution in [3.8, 4) is 16.9 Å². The van der Waals surface area contributed by atoms with Gasteiger partial charge in [-0.05, 0) is 77.1 Å². The molecular weight excluding hydrogens is 685 g/mol. The third kappa shape index (κ3) is 10.3. The number of aromatic hydroxyl groups is 1. The molecule has 5 rings (SSSR count). The van der Waals surface area contributed by atoms with E-state index < -0.39 is 14.4 Å². The second-order valence-electron chi connectivity index (χ2n) is 14.6. The molecule has 1 heterocycles. The van der Waals surface area contributed by atoms with E-state index in [0.717, 1.165) is 33.2 Å². The molecule has 2 amide bonds. The van der Waals surface area contributed by atoms with E-state index in [-0.39, 0.29) is 34.8 Å².